The number of ether oxygens (including phenoxy) is 4. The molecule has 0 aromatic rings. The van der Waals surface area contributed by atoms with E-state index in [4.69, 9.17) is 24.5 Å². The van der Waals surface area contributed by atoms with Gasteiger partial charge < -0.3 is 18.9 Å². The van der Waals surface area contributed by atoms with E-state index in [0.717, 1.165) is 0 Å². The number of nitrogens with zero attached hydrogens (tertiary/aromatic N) is 3. The monoisotopic (exact) mass is 355 g/mol. The van der Waals surface area contributed by atoms with Crippen LogP contribution in [0.2, 0.25) is 0 Å². The van der Waals surface area contributed by atoms with Gasteiger partial charge in [-0.25, -0.2) is 4.39 Å². The summed E-state index contributed by atoms with van der Waals surface area (Å²) in [6.45, 7) is 1.74. The van der Waals surface area contributed by atoms with Gasteiger partial charge in [0.15, 0.2) is 30.6 Å². The Bertz CT molecular complexity index is 647. The highest BCUT2D eigenvalue weighted by atomic mass is 19.1. The van der Waals surface area contributed by atoms with E-state index < -0.39 is 36.0 Å². The molecule has 4 fully saturated rings. The lowest BCUT2D eigenvalue weighted by Gasteiger charge is -2.38. The molecule has 3 saturated heterocycles. The largest absolute Gasteiger partial charge is 0.456 e. The van der Waals surface area contributed by atoms with Crippen LogP contribution in [-0.2, 0) is 28.5 Å². The van der Waals surface area contributed by atoms with Crippen LogP contribution in [0.3, 0.4) is 0 Å². The minimum absolute atomic E-state index is 0.0492. The molecule has 0 radical (unpaired) electrons. The standard InChI is InChI=1S/C15H18FN3O6/c1-7-9-10(22-12(7)21)11-13(23-9)25-14(24-11)4-2-8(3-5-14)15(16,6-20)18-19-17/h6-11,13H,2-5H2,1H3. The summed E-state index contributed by atoms with van der Waals surface area (Å²) in [4.78, 5) is 25.1. The third-order valence-electron chi connectivity index (χ3n) is 5.69. The van der Waals surface area contributed by atoms with Crippen LogP contribution in [-0.4, -0.2) is 48.4 Å². The second kappa shape index (κ2) is 5.63. The predicted molar refractivity (Wildman–Crippen MR) is 77.4 cm³/mol. The van der Waals surface area contributed by atoms with Gasteiger partial charge in [-0.15, -0.1) is 0 Å². The van der Waals surface area contributed by atoms with Crippen LogP contribution in [0.1, 0.15) is 32.6 Å². The lowest BCUT2D eigenvalue weighted by Crippen LogP contribution is -2.44. The Labute approximate surface area is 142 Å². The van der Waals surface area contributed by atoms with Crippen LogP contribution in [0, 0.1) is 11.8 Å². The van der Waals surface area contributed by atoms with E-state index >= 15 is 0 Å². The number of fused-ring (bicyclic) bond motifs is 3. The molecule has 1 spiro atoms. The fourth-order valence-electron chi connectivity index (χ4n) is 4.24. The molecular formula is C15H18FN3O6. The van der Waals surface area contributed by atoms with Crippen LogP contribution in [0.15, 0.2) is 5.11 Å². The molecule has 1 aliphatic carbocycles. The number of rotatable bonds is 3. The molecule has 4 rings (SSSR count). The number of halogens is 1. The molecule has 3 aliphatic heterocycles. The summed E-state index contributed by atoms with van der Waals surface area (Å²) in [5, 5.41) is 3.01. The molecule has 6 unspecified atom stereocenters. The first-order valence-corrected chi connectivity index (χ1v) is 8.34. The van der Waals surface area contributed by atoms with Crippen molar-refractivity contribution in [1.82, 2.24) is 0 Å². The number of aldehydes is 1. The topological polar surface area (TPSA) is 120 Å². The van der Waals surface area contributed by atoms with Gasteiger partial charge in [0.1, 0.15) is 6.10 Å². The maximum absolute atomic E-state index is 14.4. The van der Waals surface area contributed by atoms with Gasteiger partial charge in [-0.05, 0) is 30.4 Å². The average Bonchev–Trinajstić information content (AvgIpc) is 3.19. The van der Waals surface area contributed by atoms with Crippen molar-refractivity contribution in [2.75, 3.05) is 0 Å². The molecular weight excluding hydrogens is 337 g/mol. The first kappa shape index (κ1) is 16.7. The second-order valence-corrected chi connectivity index (χ2v) is 7.08. The molecule has 9 nitrogen and oxygen atoms in total. The number of azide groups is 1. The van der Waals surface area contributed by atoms with Gasteiger partial charge in [-0.1, -0.05) is 0 Å². The smallest absolute Gasteiger partial charge is 0.311 e. The van der Waals surface area contributed by atoms with Crippen molar-refractivity contribution in [2.24, 2.45) is 17.0 Å². The Hall–Kier alpha value is -1.74. The molecule has 0 amide bonds. The van der Waals surface area contributed by atoms with Crippen molar-refractivity contribution in [3.8, 4) is 0 Å². The Morgan fingerprint density at radius 2 is 2.04 bits per heavy atom. The van der Waals surface area contributed by atoms with Crippen molar-refractivity contribution in [2.45, 2.75) is 68.8 Å². The third-order valence-corrected chi connectivity index (χ3v) is 5.69. The number of alkyl halides is 1. The molecule has 6 atom stereocenters. The Balaban J connectivity index is 1.43. The highest BCUT2D eigenvalue weighted by molar-refractivity contribution is 5.75. The Kier molecular flexibility index (Phi) is 3.77. The average molecular weight is 355 g/mol. The molecule has 0 aromatic carbocycles. The maximum atomic E-state index is 14.4. The molecule has 25 heavy (non-hydrogen) atoms. The zero-order valence-electron chi connectivity index (χ0n) is 13.5. The molecule has 1 saturated carbocycles. The fraction of sp³-hybridized carbons (Fsp3) is 0.867. The van der Waals surface area contributed by atoms with Gasteiger partial charge in [0.05, 0.1) is 5.92 Å². The molecule has 136 valence electrons. The van der Waals surface area contributed by atoms with Crippen LogP contribution < -0.4 is 0 Å². The summed E-state index contributed by atoms with van der Waals surface area (Å²) in [7, 11) is 0. The molecule has 4 aliphatic rings. The van der Waals surface area contributed by atoms with Gasteiger partial charge in [-0.2, -0.15) is 0 Å². The van der Waals surface area contributed by atoms with Gasteiger partial charge in [0.2, 0.25) is 5.79 Å². The van der Waals surface area contributed by atoms with E-state index in [1.807, 2.05) is 0 Å². The van der Waals surface area contributed by atoms with E-state index in [1.165, 1.54) is 0 Å². The van der Waals surface area contributed by atoms with E-state index in [2.05, 4.69) is 10.0 Å². The molecule has 3 heterocycles. The summed E-state index contributed by atoms with van der Waals surface area (Å²) in [5.41, 5.74) is 8.46. The zero-order chi connectivity index (χ0) is 17.8. The highest BCUT2D eigenvalue weighted by Crippen LogP contribution is 2.50. The first-order valence-electron chi connectivity index (χ1n) is 8.34. The SMILES string of the molecule is CC1C(=O)OC2C3OC4(CCC(C(F)(C=O)N=[N+]=[N-])CC4)OC3OC12. The van der Waals surface area contributed by atoms with Crippen molar-refractivity contribution in [1.29, 1.82) is 0 Å². The Morgan fingerprint density at radius 1 is 1.32 bits per heavy atom. The number of carbonyl (C=O) groups is 2. The lowest BCUT2D eigenvalue weighted by atomic mass is 9.80. The van der Waals surface area contributed by atoms with Crippen LogP contribution in [0.5, 0.6) is 0 Å². The summed E-state index contributed by atoms with van der Waals surface area (Å²) in [5.74, 6) is -4.91. The van der Waals surface area contributed by atoms with Crippen LogP contribution in [0.4, 0.5) is 4.39 Å². The summed E-state index contributed by atoms with van der Waals surface area (Å²) >= 11 is 0. The van der Waals surface area contributed by atoms with Crippen molar-refractivity contribution < 1.29 is 32.9 Å². The third kappa shape index (κ3) is 2.43. The molecule has 0 aromatic heterocycles. The molecule has 0 N–H and O–H groups in total. The van der Waals surface area contributed by atoms with E-state index in [1.54, 1.807) is 6.92 Å². The second-order valence-electron chi connectivity index (χ2n) is 7.08. The predicted octanol–water partition coefficient (Wildman–Crippen LogP) is 1.75. The minimum atomic E-state index is -2.55. The number of esters is 1. The van der Waals surface area contributed by atoms with Crippen molar-refractivity contribution in [3.63, 3.8) is 0 Å². The van der Waals surface area contributed by atoms with Crippen molar-refractivity contribution >= 4 is 12.3 Å². The summed E-state index contributed by atoms with van der Waals surface area (Å²) in [6, 6.07) is 0. The zero-order valence-corrected chi connectivity index (χ0v) is 13.5. The van der Waals surface area contributed by atoms with E-state index in [-0.39, 0.29) is 37.1 Å². The molecule has 10 heteroatoms. The van der Waals surface area contributed by atoms with Crippen molar-refractivity contribution in [3.05, 3.63) is 10.4 Å². The fourth-order valence-corrected chi connectivity index (χ4v) is 4.24. The van der Waals surface area contributed by atoms with Gasteiger partial charge in [0.25, 0.3) is 0 Å². The van der Waals surface area contributed by atoms with Crippen LogP contribution in [0.25, 0.3) is 10.4 Å². The quantitative estimate of drug-likeness (QED) is 0.190. The Morgan fingerprint density at radius 3 is 2.68 bits per heavy atom. The summed E-state index contributed by atoms with van der Waals surface area (Å²) in [6.07, 6.45) is -0.777. The lowest BCUT2D eigenvalue weighted by molar-refractivity contribution is -0.249. The van der Waals surface area contributed by atoms with E-state index in [0.29, 0.717) is 12.8 Å². The molecule has 0 bridgehead atoms. The summed E-state index contributed by atoms with van der Waals surface area (Å²) < 4.78 is 37.5. The normalized spacial score (nSPS) is 47.5. The highest BCUT2D eigenvalue weighted by Gasteiger charge is 2.64. The van der Waals surface area contributed by atoms with Gasteiger partial charge in [0, 0.05) is 23.7 Å². The number of hydrogen-bond donors (Lipinski definition) is 0. The number of hydrogen-bond acceptors (Lipinski definition) is 7. The van der Waals surface area contributed by atoms with E-state index in [9.17, 15) is 14.0 Å². The maximum Gasteiger partial charge on any atom is 0.311 e. The number of carbonyl (C=O) groups excluding carboxylic acids is 2. The van der Waals surface area contributed by atoms with Gasteiger partial charge in [-0.3, -0.25) is 9.59 Å². The first-order chi connectivity index (χ1) is 11.9. The van der Waals surface area contributed by atoms with Gasteiger partial charge >= 0.3 is 5.97 Å². The van der Waals surface area contributed by atoms with Crippen LogP contribution >= 0.6 is 0 Å². The minimum Gasteiger partial charge on any atom is -0.456 e.